The molecular weight excluding hydrogens is 372 g/mol. The van der Waals surface area contributed by atoms with Crippen molar-refractivity contribution in [2.24, 2.45) is 0 Å². The summed E-state index contributed by atoms with van der Waals surface area (Å²) in [6, 6.07) is 13.4. The van der Waals surface area contributed by atoms with Gasteiger partial charge in [-0.15, -0.1) is 10.2 Å². The lowest BCUT2D eigenvalue weighted by Crippen LogP contribution is -2.12. The van der Waals surface area contributed by atoms with Crippen molar-refractivity contribution >= 4 is 22.4 Å². The van der Waals surface area contributed by atoms with E-state index in [2.05, 4.69) is 32.5 Å². The fourth-order valence-corrected chi connectivity index (χ4v) is 3.59. The van der Waals surface area contributed by atoms with E-state index in [1.54, 1.807) is 23.3 Å². The zero-order chi connectivity index (χ0) is 19.3. The van der Waals surface area contributed by atoms with Crippen LogP contribution in [0.4, 0.5) is 5.13 Å². The van der Waals surface area contributed by atoms with Crippen molar-refractivity contribution in [3.63, 3.8) is 0 Å². The van der Waals surface area contributed by atoms with Crippen molar-refractivity contribution in [3.05, 3.63) is 71.6 Å². The average molecular weight is 390 g/mol. The molecule has 4 rings (SSSR count). The van der Waals surface area contributed by atoms with Crippen molar-refractivity contribution in [2.45, 2.75) is 19.8 Å². The molecule has 3 aromatic heterocycles. The highest BCUT2D eigenvalue weighted by Crippen LogP contribution is 2.25. The van der Waals surface area contributed by atoms with Gasteiger partial charge in [-0.05, 0) is 30.7 Å². The number of hydrogen-bond donors (Lipinski definition) is 1. The van der Waals surface area contributed by atoms with Gasteiger partial charge >= 0.3 is 0 Å². The van der Waals surface area contributed by atoms with E-state index >= 15 is 0 Å². The highest BCUT2D eigenvalue weighted by atomic mass is 32.1. The zero-order valence-corrected chi connectivity index (χ0v) is 16.1. The molecule has 0 aliphatic carbocycles. The van der Waals surface area contributed by atoms with Gasteiger partial charge in [-0.25, -0.2) is 4.68 Å². The highest BCUT2D eigenvalue weighted by molar-refractivity contribution is 7.15. The lowest BCUT2D eigenvalue weighted by Gasteiger charge is -2.01. The van der Waals surface area contributed by atoms with Crippen LogP contribution in [0.1, 0.15) is 28.7 Å². The molecule has 0 atom stereocenters. The first-order chi connectivity index (χ1) is 13.7. The Morgan fingerprint density at radius 2 is 2.00 bits per heavy atom. The first-order valence-electron chi connectivity index (χ1n) is 8.94. The summed E-state index contributed by atoms with van der Waals surface area (Å²) in [7, 11) is 0. The third-order valence-corrected chi connectivity index (χ3v) is 4.96. The maximum atomic E-state index is 13.0. The molecule has 1 aromatic carbocycles. The van der Waals surface area contributed by atoms with E-state index < -0.39 is 0 Å². The predicted molar refractivity (Wildman–Crippen MR) is 109 cm³/mol. The van der Waals surface area contributed by atoms with Crippen molar-refractivity contribution in [3.8, 4) is 16.9 Å². The van der Waals surface area contributed by atoms with E-state index in [9.17, 15) is 4.79 Å². The molecule has 28 heavy (non-hydrogen) atoms. The highest BCUT2D eigenvalue weighted by Gasteiger charge is 2.20. The predicted octanol–water partition coefficient (Wildman–Crippen LogP) is 3.99. The fraction of sp³-hybridized carbons (Fsp3) is 0.150. The number of pyridine rings is 1. The Kier molecular flexibility index (Phi) is 5.20. The molecule has 0 spiro atoms. The molecule has 3 heterocycles. The molecule has 1 N–H and O–H groups in total. The van der Waals surface area contributed by atoms with Crippen LogP contribution in [0.2, 0.25) is 0 Å². The van der Waals surface area contributed by atoms with Gasteiger partial charge in [0.25, 0.3) is 5.91 Å². The minimum atomic E-state index is -0.278. The van der Waals surface area contributed by atoms with Gasteiger partial charge in [-0.2, -0.15) is 5.10 Å². The summed E-state index contributed by atoms with van der Waals surface area (Å²) in [5.41, 5.74) is 2.65. The van der Waals surface area contributed by atoms with Gasteiger partial charge in [0.05, 0.1) is 11.3 Å². The third kappa shape index (κ3) is 3.81. The molecule has 0 aliphatic rings. The number of para-hydroxylation sites is 1. The number of carbonyl (C=O) groups is 1. The van der Waals surface area contributed by atoms with Crippen LogP contribution >= 0.6 is 11.3 Å². The van der Waals surface area contributed by atoms with Gasteiger partial charge in [0.2, 0.25) is 5.13 Å². The Morgan fingerprint density at radius 1 is 1.14 bits per heavy atom. The number of nitrogens with zero attached hydrogens (tertiary/aromatic N) is 5. The number of aryl methyl sites for hydroxylation is 1. The molecule has 0 bridgehead atoms. The quantitative estimate of drug-likeness (QED) is 0.538. The van der Waals surface area contributed by atoms with Crippen LogP contribution in [-0.2, 0) is 6.42 Å². The van der Waals surface area contributed by atoms with E-state index in [0.717, 1.165) is 29.1 Å². The molecule has 140 valence electrons. The maximum absolute atomic E-state index is 13.0. The van der Waals surface area contributed by atoms with Gasteiger partial charge in [0, 0.05) is 30.6 Å². The Morgan fingerprint density at radius 3 is 2.75 bits per heavy atom. The number of hydrogen-bond acceptors (Lipinski definition) is 6. The smallest absolute Gasteiger partial charge is 0.261 e. The van der Waals surface area contributed by atoms with Crippen LogP contribution in [-0.4, -0.2) is 30.9 Å². The Labute approximate surface area is 166 Å². The van der Waals surface area contributed by atoms with Gasteiger partial charge < -0.3 is 0 Å². The number of rotatable bonds is 6. The number of nitrogens with one attached hydrogen (secondary N) is 1. The molecule has 0 saturated carbocycles. The van der Waals surface area contributed by atoms with Gasteiger partial charge in [-0.3, -0.25) is 15.1 Å². The fourth-order valence-electron chi connectivity index (χ4n) is 2.75. The van der Waals surface area contributed by atoms with Crippen LogP contribution in [0.5, 0.6) is 0 Å². The second-order valence-corrected chi connectivity index (χ2v) is 7.18. The zero-order valence-electron chi connectivity index (χ0n) is 15.2. The first kappa shape index (κ1) is 18.0. The molecule has 1 amide bonds. The minimum absolute atomic E-state index is 0.278. The van der Waals surface area contributed by atoms with Gasteiger partial charge in [0.1, 0.15) is 10.7 Å². The summed E-state index contributed by atoms with van der Waals surface area (Å²) >= 11 is 1.39. The van der Waals surface area contributed by atoms with Crippen LogP contribution in [0, 0.1) is 0 Å². The Balaban J connectivity index is 1.69. The van der Waals surface area contributed by atoms with Crippen molar-refractivity contribution in [1.82, 2.24) is 25.0 Å². The number of carbonyl (C=O) groups excluding carboxylic acids is 1. The molecule has 0 fully saturated rings. The van der Waals surface area contributed by atoms with E-state index in [-0.39, 0.29) is 5.91 Å². The monoisotopic (exact) mass is 390 g/mol. The summed E-state index contributed by atoms with van der Waals surface area (Å²) in [4.78, 5) is 17.1. The molecule has 0 unspecified atom stereocenters. The van der Waals surface area contributed by atoms with Crippen molar-refractivity contribution in [2.75, 3.05) is 5.32 Å². The summed E-state index contributed by atoms with van der Waals surface area (Å²) in [5, 5.41) is 17.0. The van der Waals surface area contributed by atoms with Crippen LogP contribution in [0.3, 0.4) is 0 Å². The molecular formula is C20H18N6OS. The van der Waals surface area contributed by atoms with E-state index in [4.69, 9.17) is 0 Å². The molecule has 7 nitrogen and oxygen atoms in total. The molecule has 4 aromatic rings. The summed E-state index contributed by atoms with van der Waals surface area (Å²) in [6.07, 6.45) is 6.94. The van der Waals surface area contributed by atoms with Crippen LogP contribution < -0.4 is 5.32 Å². The Bertz CT molecular complexity index is 1070. The largest absolute Gasteiger partial charge is 0.296 e. The number of aromatic nitrogens is 5. The van der Waals surface area contributed by atoms with Crippen molar-refractivity contribution < 1.29 is 4.79 Å². The standard InChI is InChI=1S/C20H18N6OS/c1-2-7-17-23-24-20(28-17)22-19(27)16-13-26(15-9-4-3-5-10-15)25-18(16)14-8-6-11-21-12-14/h3-6,8-13H,2,7H2,1H3,(H,22,24,27). The number of amides is 1. The summed E-state index contributed by atoms with van der Waals surface area (Å²) in [6.45, 7) is 2.08. The third-order valence-electron chi connectivity index (χ3n) is 4.07. The van der Waals surface area contributed by atoms with Gasteiger partial charge in [-0.1, -0.05) is 36.5 Å². The molecule has 8 heteroatoms. The van der Waals surface area contributed by atoms with Crippen LogP contribution in [0.25, 0.3) is 16.9 Å². The van der Waals surface area contributed by atoms with Crippen LogP contribution in [0.15, 0.2) is 61.1 Å². The summed E-state index contributed by atoms with van der Waals surface area (Å²) in [5.74, 6) is -0.278. The Hall–Kier alpha value is -3.39. The topological polar surface area (TPSA) is 85.6 Å². The maximum Gasteiger partial charge on any atom is 0.261 e. The lowest BCUT2D eigenvalue weighted by molar-refractivity contribution is 0.102. The van der Waals surface area contributed by atoms with Crippen molar-refractivity contribution in [1.29, 1.82) is 0 Å². The van der Waals surface area contributed by atoms with E-state index in [1.165, 1.54) is 11.3 Å². The second-order valence-electron chi connectivity index (χ2n) is 6.12. The molecule has 0 saturated heterocycles. The molecule has 0 radical (unpaired) electrons. The number of anilines is 1. The normalized spacial score (nSPS) is 10.8. The SMILES string of the molecule is CCCc1nnc(NC(=O)c2cn(-c3ccccc3)nc2-c2cccnc2)s1. The molecule has 0 aliphatic heterocycles. The summed E-state index contributed by atoms with van der Waals surface area (Å²) < 4.78 is 1.69. The lowest BCUT2D eigenvalue weighted by atomic mass is 10.1. The van der Waals surface area contributed by atoms with E-state index in [1.807, 2.05) is 42.5 Å². The minimum Gasteiger partial charge on any atom is -0.296 e. The second kappa shape index (κ2) is 8.10. The van der Waals surface area contributed by atoms with E-state index in [0.29, 0.717) is 16.4 Å². The van der Waals surface area contributed by atoms with Gasteiger partial charge in [0.15, 0.2) is 0 Å². The number of benzene rings is 1. The first-order valence-corrected chi connectivity index (χ1v) is 9.75. The average Bonchev–Trinajstić information content (AvgIpc) is 3.37.